The van der Waals surface area contributed by atoms with Crippen molar-refractivity contribution < 1.29 is 9.90 Å². The fourth-order valence-electron chi connectivity index (χ4n) is 2.04. The molecule has 1 aromatic carbocycles. The third-order valence-corrected chi connectivity index (χ3v) is 3.73. The molecule has 1 heterocycles. The average molecular weight is 323 g/mol. The fourth-order valence-corrected chi connectivity index (χ4v) is 2.26. The first kappa shape index (κ1) is 16.5. The van der Waals surface area contributed by atoms with Crippen LogP contribution in [0.3, 0.4) is 0 Å². The lowest BCUT2D eigenvalue weighted by Crippen LogP contribution is -2.30. The Morgan fingerprint density at radius 3 is 2.77 bits per heavy atom. The van der Waals surface area contributed by atoms with E-state index in [4.69, 9.17) is 11.6 Å². The average Bonchev–Trinajstić information content (AvgIpc) is 2.86. The van der Waals surface area contributed by atoms with Gasteiger partial charge in [0.05, 0.1) is 22.5 Å². The molecule has 0 aliphatic carbocycles. The van der Waals surface area contributed by atoms with E-state index in [0.29, 0.717) is 29.4 Å². The molecule has 1 aromatic heterocycles. The third kappa shape index (κ3) is 3.45. The highest BCUT2D eigenvalue weighted by Crippen LogP contribution is 2.21. The molecule has 2 aromatic rings. The van der Waals surface area contributed by atoms with E-state index in [1.807, 2.05) is 18.2 Å². The summed E-state index contributed by atoms with van der Waals surface area (Å²) < 4.78 is 1.55. The van der Waals surface area contributed by atoms with Crippen LogP contribution in [-0.2, 0) is 0 Å². The van der Waals surface area contributed by atoms with Gasteiger partial charge in [0.1, 0.15) is 0 Å². The van der Waals surface area contributed by atoms with Gasteiger partial charge in [-0.2, -0.15) is 0 Å². The molecule has 0 fully saturated rings. The van der Waals surface area contributed by atoms with E-state index in [-0.39, 0.29) is 11.6 Å². The van der Waals surface area contributed by atoms with E-state index in [0.717, 1.165) is 0 Å². The molecule has 1 unspecified atom stereocenters. The molecule has 0 aliphatic rings. The van der Waals surface area contributed by atoms with Crippen LogP contribution in [0.5, 0.6) is 0 Å². The molecule has 1 atom stereocenters. The summed E-state index contributed by atoms with van der Waals surface area (Å²) in [6.45, 7) is 3.92. The summed E-state index contributed by atoms with van der Waals surface area (Å²) in [6.07, 6.45) is 0.0649. The van der Waals surface area contributed by atoms with Gasteiger partial charge in [-0.3, -0.25) is 4.79 Å². The largest absolute Gasteiger partial charge is 0.393 e. The standard InChI is InChI=1S/C15H19ClN4O2/c1-10(21)8-9-19(3)15(22)14-11(2)20(18-17-14)13-7-5-4-6-12(13)16/h4-7,10,21H,8-9H2,1-3H3. The number of nitrogens with zero attached hydrogens (tertiary/aromatic N) is 4. The number of carbonyl (C=O) groups excluding carboxylic acids is 1. The van der Waals surface area contributed by atoms with Gasteiger partial charge in [0, 0.05) is 13.6 Å². The van der Waals surface area contributed by atoms with Gasteiger partial charge < -0.3 is 10.0 Å². The second-order valence-corrected chi connectivity index (χ2v) is 5.66. The molecule has 22 heavy (non-hydrogen) atoms. The van der Waals surface area contributed by atoms with E-state index in [9.17, 15) is 9.90 Å². The monoisotopic (exact) mass is 322 g/mol. The first-order valence-electron chi connectivity index (χ1n) is 7.02. The van der Waals surface area contributed by atoms with Gasteiger partial charge in [-0.05, 0) is 32.4 Å². The van der Waals surface area contributed by atoms with Crippen molar-refractivity contribution in [2.75, 3.05) is 13.6 Å². The molecule has 1 amide bonds. The van der Waals surface area contributed by atoms with Gasteiger partial charge in [0.25, 0.3) is 5.91 Å². The Kier molecular flexibility index (Phi) is 5.15. The van der Waals surface area contributed by atoms with Crippen molar-refractivity contribution >= 4 is 17.5 Å². The molecule has 118 valence electrons. The predicted octanol–water partition coefficient (Wildman–Crippen LogP) is 2.07. The highest BCUT2D eigenvalue weighted by molar-refractivity contribution is 6.32. The number of benzene rings is 1. The maximum Gasteiger partial charge on any atom is 0.276 e. The lowest BCUT2D eigenvalue weighted by atomic mass is 10.2. The van der Waals surface area contributed by atoms with E-state index in [2.05, 4.69) is 10.3 Å². The maximum atomic E-state index is 12.4. The minimum atomic E-state index is -0.449. The molecule has 6 nitrogen and oxygen atoms in total. The topological polar surface area (TPSA) is 71.2 Å². The zero-order valence-electron chi connectivity index (χ0n) is 12.8. The number of halogens is 1. The Labute approximate surface area is 134 Å². The van der Waals surface area contributed by atoms with Crippen LogP contribution in [0.4, 0.5) is 0 Å². The summed E-state index contributed by atoms with van der Waals surface area (Å²) in [5, 5.41) is 17.9. The number of hydrogen-bond donors (Lipinski definition) is 1. The van der Waals surface area contributed by atoms with Crippen LogP contribution in [0, 0.1) is 6.92 Å². The van der Waals surface area contributed by atoms with Crippen LogP contribution in [0.2, 0.25) is 5.02 Å². The third-order valence-electron chi connectivity index (χ3n) is 3.41. The maximum absolute atomic E-state index is 12.4. The van der Waals surface area contributed by atoms with Crippen molar-refractivity contribution in [2.24, 2.45) is 0 Å². The van der Waals surface area contributed by atoms with Crippen LogP contribution in [0.1, 0.15) is 29.5 Å². The van der Waals surface area contributed by atoms with Crippen molar-refractivity contribution in [3.63, 3.8) is 0 Å². The molecular weight excluding hydrogens is 304 g/mol. The van der Waals surface area contributed by atoms with Crippen molar-refractivity contribution in [1.82, 2.24) is 19.9 Å². The Balaban J connectivity index is 2.24. The summed E-state index contributed by atoms with van der Waals surface area (Å²) in [6, 6.07) is 7.25. The molecule has 1 N–H and O–H groups in total. The number of aromatic nitrogens is 3. The molecule has 0 radical (unpaired) electrons. The number of amides is 1. The summed E-state index contributed by atoms with van der Waals surface area (Å²) in [5.74, 6) is -0.226. The number of rotatable bonds is 5. The van der Waals surface area contributed by atoms with Gasteiger partial charge >= 0.3 is 0 Å². The van der Waals surface area contributed by atoms with Crippen molar-refractivity contribution in [3.8, 4) is 5.69 Å². The highest BCUT2D eigenvalue weighted by Gasteiger charge is 2.21. The Bertz CT molecular complexity index is 669. The molecule has 0 aliphatic heterocycles. The zero-order valence-corrected chi connectivity index (χ0v) is 13.6. The Morgan fingerprint density at radius 2 is 2.14 bits per heavy atom. The molecule has 0 saturated heterocycles. The van der Waals surface area contributed by atoms with Crippen LogP contribution in [0.25, 0.3) is 5.69 Å². The van der Waals surface area contributed by atoms with Gasteiger partial charge in [-0.1, -0.05) is 28.9 Å². The minimum Gasteiger partial charge on any atom is -0.393 e. The zero-order chi connectivity index (χ0) is 16.3. The lowest BCUT2D eigenvalue weighted by molar-refractivity contribution is 0.0762. The molecular formula is C15H19ClN4O2. The number of carbonyl (C=O) groups is 1. The van der Waals surface area contributed by atoms with Gasteiger partial charge in [0.2, 0.25) is 0 Å². The first-order valence-corrected chi connectivity index (χ1v) is 7.40. The van der Waals surface area contributed by atoms with E-state index in [1.54, 1.807) is 31.6 Å². The van der Waals surface area contributed by atoms with Crippen molar-refractivity contribution in [1.29, 1.82) is 0 Å². The number of para-hydroxylation sites is 1. The van der Waals surface area contributed by atoms with Crippen LogP contribution >= 0.6 is 11.6 Å². The van der Waals surface area contributed by atoms with Gasteiger partial charge in [-0.15, -0.1) is 5.10 Å². The summed E-state index contributed by atoms with van der Waals surface area (Å²) >= 11 is 6.15. The SMILES string of the molecule is Cc1c(C(=O)N(C)CCC(C)O)nnn1-c1ccccc1Cl. The molecule has 0 spiro atoms. The van der Waals surface area contributed by atoms with Crippen molar-refractivity contribution in [2.45, 2.75) is 26.4 Å². The second-order valence-electron chi connectivity index (χ2n) is 5.25. The Morgan fingerprint density at radius 1 is 1.45 bits per heavy atom. The number of aliphatic hydroxyl groups excluding tert-OH is 1. The van der Waals surface area contributed by atoms with E-state index < -0.39 is 6.10 Å². The van der Waals surface area contributed by atoms with Crippen molar-refractivity contribution in [3.05, 3.63) is 40.7 Å². The molecule has 0 bridgehead atoms. The van der Waals surface area contributed by atoms with Crippen LogP contribution in [-0.4, -0.2) is 50.6 Å². The Hall–Kier alpha value is -1.92. The lowest BCUT2D eigenvalue weighted by Gasteiger charge is -2.17. The smallest absolute Gasteiger partial charge is 0.276 e. The van der Waals surface area contributed by atoms with E-state index >= 15 is 0 Å². The molecule has 0 saturated carbocycles. The van der Waals surface area contributed by atoms with Crippen LogP contribution < -0.4 is 0 Å². The second kappa shape index (κ2) is 6.89. The van der Waals surface area contributed by atoms with Gasteiger partial charge in [-0.25, -0.2) is 4.68 Å². The summed E-state index contributed by atoms with van der Waals surface area (Å²) in [4.78, 5) is 13.9. The highest BCUT2D eigenvalue weighted by atomic mass is 35.5. The van der Waals surface area contributed by atoms with Crippen LogP contribution in [0.15, 0.2) is 24.3 Å². The summed E-state index contributed by atoms with van der Waals surface area (Å²) in [5.41, 5.74) is 1.59. The number of aliphatic hydroxyl groups is 1. The summed E-state index contributed by atoms with van der Waals surface area (Å²) in [7, 11) is 1.68. The first-order chi connectivity index (χ1) is 10.4. The molecule has 7 heteroatoms. The molecule has 2 rings (SSSR count). The predicted molar refractivity (Wildman–Crippen MR) is 84.4 cm³/mol. The quantitative estimate of drug-likeness (QED) is 0.914. The minimum absolute atomic E-state index is 0.226. The van der Waals surface area contributed by atoms with E-state index in [1.165, 1.54) is 4.90 Å². The normalized spacial score (nSPS) is 12.2. The number of hydrogen-bond acceptors (Lipinski definition) is 4. The fraction of sp³-hybridized carbons (Fsp3) is 0.400. The van der Waals surface area contributed by atoms with Gasteiger partial charge in [0.15, 0.2) is 5.69 Å².